The monoisotopic (exact) mass is 375 g/mol. The van der Waals surface area contributed by atoms with Crippen LogP contribution in [0.2, 0.25) is 5.02 Å². The van der Waals surface area contributed by atoms with Crippen LogP contribution in [-0.4, -0.2) is 51.3 Å². The maximum absolute atomic E-state index is 12.5. The van der Waals surface area contributed by atoms with E-state index in [2.05, 4.69) is 10.2 Å². The van der Waals surface area contributed by atoms with Crippen molar-refractivity contribution >= 4 is 29.0 Å². The summed E-state index contributed by atoms with van der Waals surface area (Å²) in [7, 11) is 3.15. The zero-order valence-electron chi connectivity index (χ0n) is 14.9. The predicted octanol–water partition coefficient (Wildman–Crippen LogP) is 3.71. The van der Waals surface area contributed by atoms with E-state index >= 15 is 0 Å². The summed E-state index contributed by atoms with van der Waals surface area (Å²) < 4.78 is 10.5. The van der Waals surface area contributed by atoms with Crippen LogP contribution in [0.15, 0.2) is 42.5 Å². The number of carbonyl (C=O) groups excluding carboxylic acids is 1. The van der Waals surface area contributed by atoms with Gasteiger partial charge in [-0.2, -0.15) is 0 Å². The molecule has 6 nitrogen and oxygen atoms in total. The van der Waals surface area contributed by atoms with E-state index in [-0.39, 0.29) is 6.03 Å². The Kier molecular flexibility index (Phi) is 5.73. The number of carbonyl (C=O) groups is 1. The number of amides is 2. The maximum Gasteiger partial charge on any atom is 0.321 e. The Labute approximate surface area is 158 Å². The van der Waals surface area contributed by atoms with Crippen LogP contribution < -0.4 is 19.7 Å². The molecule has 0 spiro atoms. The third-order valence-electron chi connectivity index (χ3n) is 4.38. The van der Waals surface area contributed by atoms with Gasteiger partial charge in [0.2, 0.25) is 0 Å². The molecule has 7 heteroatoms. The summed E-state index contributed by atoms with van der Waals surface area (Å²) in [5.74, 6) is 1.21. The van der Waals surface area contributed by atoms with Gasteiger partial charge >= 0.3 is 6.03 Å². The van der Waals surface area contributed by atoms with Crippen molar-refractivity contribution < 1.29 is 14.3 Å². The van der Waals surface area contributed by atoms with Gasteiger partial charge in [-0.1, -0.05) is 17.7 Å². The number of ether oxygens (including phenoxy) is 2. The van der Waals surface area contributed by atoms with Crippen molar-refractivity contribution in [2.24, 2.45) is 0 Å². The second-order valence-electron chi connectivity index (χ2n) is 5.95. The molecule has 0 aromatic heterocycles. The van der Waals surface area contributed by atoms with Gasteiger partial charge in [-0.25, -0.2) is 4.79 Å². The summed E-state index contributed by atoms with van der Waals surface area (Å²) >= 11 is 6.06. The Hall–Kier alpha value is -2.60. The van der Waals surface area contributed by atoms with Crippen LogP contribution in [0.3, 0.4) is 0 Å². The lowest BCUT2D eigenvalue weighted by molar-refractivity contribution is 0.208. The molecule has 26 heavy (non-hydrogen) atoms. The Morgan fingerprint density at radius 2 is 1.73 bits per heavy atom. The van der Waals surface area contributed by atoms with E-state index in [1.54, 1.807) is 37.3 Å². The number of nitrogens with one attached hydrogen (secondary N) is 1. The van der Waals surface area contributed by atoms with E-state index in [1.807, 2.05) is 24.3 Å². The average Bonchev–Trinajstić information content (AvgIpc) is 2.68. The van der Waals surface area contributed by atoms with Crippen molar-refractivity contribution in [1.82, 2.24) is 4.90 Å². The summed E-state index contributed by atoms with van der Waals surface area (Å²) in [5.41, 5.74) is 1.75. The van der Waals surface area contributed by atoms with Gasteiger partial charge in [-0.3, -0.25) is 0 Å². The third-order valence-corrected chi connectivity index (χ3v) is 4.61. The highest BCUT2D eigenvalue weighted by Crippen LogP contribution is 2.30. The first-order chi connectivity index (χ1) is 12.6. The molecule has 0 aliphatic carbocycles. The molecule has 1 N–H and O–H groups in total. The number of hydrogen-bond acceptors (Lipinski definition) is 4. The minimum atomic E-state index is -0.122. The molecule has 0 atom stereocenters. The van der Waals surface area contributed by atoms with Gasteiger partial charge in [-0.05, 0) is 30.3 Å². The van der Waals surface area contributed by atoms with Crippen LogP contribution in [0.25, 0.3) is 0 Å². The molecule has 2 amide bonds. The summed E-state index contributed by atoms with van der Waals surface area (Å²) in [4.78, 5) is 16.6. The Bertz CT molecular complexity index is 776. The smallest absolute Gasteiger partial charge is 0.321 e. The van der Waals surface area contributed by atoms with Crippen LogP contribution >= 0.6 is 11.6 Å². The molecule has 0 unspecified atom stereocenters. The number of halogens is 1. The van der Waals surface area contributed by atoms with E-state index in [4.69, 9.17) is 21.1 Å². The first-order valence-electron chi connectivity index (χ1n) is 8.39. The van der Waals surface area contributed by atoms with Gasteiger partial charge in [0, 0.05) is 48.6 Å². The zero-order chi connectivity index (χ0) is 18.5. The lowest BCUT2D eigenvalue weighted by Gasteiger charge is -2.36. The van der Waals surface area contributed by atoms with Gasteiger partial charge in [0.05, 0.1) is 14.2 Å². The number of hydrogen-bond donors (Lipinski definition) is 1. The molecule has 3 rings (SSSR count). The van der Waals surface area contributed by atoms with Crippen molar-refractivity contribution in [3.05, 3.63) is 47.5 Å². The molecule has 0 bridgehead atoms. The fourth-order valence-electron chi connectivity index (χ4n) is 2.96. The largest absolute Gasteiger partial charge is 0.493 e. The summed E-state index contributed by atoms with van der Waals surface area (Å²) in [6, 6.07) is 13.0. The number of benzene rings is 2. The molecule has 0 radical (unpaired) electrons. The van der Waals surface area contributed by atoms with Gasteiger partial charge in [0.1, 0.15) is 0 Å². The molecule has 0 saturated carbocycles. The van der Waals surface area contributed by atoms with E-state index in [0.29, 0.717) is 30.3 Å². The quantitative estimate of drug-likeness (QED) is 0.885. The fraction of sp³-hybridized carbons (Fsp3) is 0.316. The molecule has 2 aromatic carbocycles. The second kappa shape index (κ2) is 8.19. The summed E-state index contributed by atoms with van der Waals surface area (Å²) in [6.45, 7) is 2.82. The Morgan fingerprint density at radius 1 is 1.00 bits per heavy atom. The highest BCUT2D eigenvalue weighted by molar-refractivity contribution is 6.30. The van der Waals surface area contributed by atoms with Crippen molar-refractivity contribution in [2.75, 3.05) is 50.6 Å². The van der Waals surface area contributed by atoms with E-state index in [0.717, 1.165) is 23.8 Å². The summed E-state index contributed by atoms with van der Waals surface area (Å²) in [5, 5.41) is 3.63. The van der Waals surface area contributed by atoms with Gasteiger partial charge in [0.25, 0.3) is 0 Å². The molecule has 1 aliphatic heterocycles. The number of rotatable bonds is 4. The van der Waals surface area contributed by atoms with Crippen LogP contribution in [0.5, 0.6) is 11.5 Å². The maximum atomic E-state index is 12.5. The molecule has 1 fully saturated rings. The van der Waals surface area contributed by atoms with Crippen molar-refractivity contribution in [1.29, 1.82) is 0 Å². The third kappa shape index (κ3) is 4.14. The van der Waals surface area contributed by atoms with Crippen LogP contribution in [0.4, 0.5) is 16.2 Å². The fourth-order valence-corrected chi connectivity index (χ4v) is 3.14. The van der Waals surface area contributed by atoms with Crippen LogP contribution in [-0.2, 0) is 0 Å². The normalized spacial score (nSPS) is 14.1. The number of piperazine rings is 1. The number of nitrogens with zero attached hydrogens (tertiary/aromatic N) is 2. The van der Waals surface area contributed by atoms with E-state index in [9.17, 15) is 4.79 Å². The molecule has 1 saturated heterocycles. The van der Waals surface area contributed by atoms with Gasteiger partial charge in [-0.15, -0.1) is 0 Å². The molecule has 1 heterocycles. The minimum Gasteiger partial charge on any atom is -0.493 e. The highest BCUT2D eigenvalue weighted by Gasteiger charge is 2.21. The van der Waals surface area contributed by atoms with E-state index in [1.165, 1.54) is 0 Å². The predicted molar refractivity (Wildman–Crippen MR) is 104 cm³/mol. The molecule has 1 aliphatic rings. The Balaban J connectivity index is 1.58. The number of urea groups is 1. The highest BCUT2D eigenvalue weighted by atomic mass is 35.5. The van der Waals surface area contributed by atoms with Gasteiger partial charge < -0.3 is 24.6 Å². The zero-order valence-corrected chi connectivity index (χ0v) is 15.6. The standard InChI is InChI=1S/C19H22ClN3O3/c1-25-17-7-6-15(13-18(17)26-2)21-19(24)23-10-8-22(9-11-23)16-5-3-4-14(20)12-16/h3-7,12-13H,8-11H2,1-2H3,(H,21,24). The molecule has 138 valence electrons. The van der Waals surface area contributed by atoms with Gasteiger partial charge in [0.15, 0.2) is 11.5 Å². The number of anilines is 2. The van der Waals surface area contributed by atoms with Crippen molar-refractivity contribution in [3.63, 3.8) is 0 Å². The molecular formula is C19H22ClN3O3. The first-order valence-corrected chi connectivity index (χ1v) is 8.77. The molecular weight excluding hydrogens is 354 g/mol. The van der Waals surface area contributed by atoms with Crippen molar-refractivity contribution in [2.45, 2.75) is 0 Å². The number of methoxy groups -OCH3 is 2. The Morgan fingerprint density at radius 3 is 2.38 bits per heavy atom. The lowest BCUT2D eigenvalue weighted by Crippen LogP contribution is -2.50. The van der Waals surface area contributed by atoms with Crippen LogP contribution in [0, 0.1) is 0 Å². The summed E-state index contributed by atoms with van der Waals surface area (Å²) in [6.07, 6.45) is 0. The average molecular weight is 376 g/mol. The van der Waals surface area contributed by atoms with Crippen molar-refractivity contribution in [3.8, 4) is 11.5 Å². The topological polar surface area (TPSA) is 54.0 Å². The minimum absolute atomic E-state index is 0.122. The van der Waals surface area contributed by atoms with Crippen LogP contribution in [0.1, 0.15) is 0 Å². The van der Waals surface area contributed by atoms with E-state index < -0.39 is 0 Å². The first kappa shape index (κ1) is 18.2. The SMILES string of the molecule is COc1ccc(NC(=O)N2CCN(c3cccc(Cl)c3)CC2)cc1OC. The second-order valence-corrected chi connectivity index (χ2v) is 6.39. The molecule has 2 aromatic rings. The lowest BCUT2D eigenvalue weighted by atomic mass is 10.2.